The summed E-state index contributed by atoms with van der Waals surface area (Å²) in [5, 5.41) is 6.16. The number of ether oxygens (including phenoxy) is 1. The number of carbonyl (C=O) groups excluding carboxylic acids is 1. The van der Waals surface area contributed by atoms with Crippen LogP contribution in [0, 0.1) is 0 Å². The van der Waals surface area contributed by atoms with Crippen LogP contribution in [0.4, 0.5) is 11.4 Å². The first-order valence-corrected chi connectivity index (χ1v) is 8.37. The molecular formula is C19H26N4O2. The first kappa shape index (κ1) is 18.7. The number of hydrogen-bond acceptors (Lipinski definition) is 5. The van der Waals surface area contributed by atoms with Crippen molar-refractivity contribution >= 4 is 17.3 Å². The highest BCUT2D eigenvalue weighted by Crippen LogP contribution is 2.28. The van der Waals surface area contributed by atoms with Crippen molar-refractivity contribution < 1.29 is 9.53 Å². The Labute approximate surface area is 149 Å². The van der Waals surface area contributed by atoms with Crippen molar-refractivity contribution in [3.05, 3.63) is 48.3 Å². The van der Waals surface area contributed by atoms with E-state index < -0.39 is 0 Å². The largest absolute Gasteiger partial charge is 0.489 e. The van der Waals surface area contributed by atoms with Crippen molar-refractivity contribution in [3.8, 4) is 5.75 Å². The number of benzene rings is 1. The summed E-state index contributed by atoms with van der Waals surface area (Å²) in [5.74, 6) is 0.587. The number of rotatable bonds is 8. The fraction of sp³-hybridized carbons (Fsp3) is 0.368. The van der Waals surface area contributed by atoms with E-state index in [4.69, 9.17) is 4.74 Å². The first-order chi connectivity index (χ1) is 12.0. The average Bonchev–Trinajstić information content (AvgIpc) is 2.56. The van der Waals surface area contributed by atoms with Crippen molar-refractivity contribution in [3.63, 3.8) is 0 Å². The molecular weight excluding hydrogens is 316 g/mol. The number of hydrogen-bond donors (Lipinski definition) is 2. The molecule has 0 bridgehead atoms. The van der Waals surface area contributed by atoms with Gasteiger partial charge in [0.2, 0.25) is 0 Å². The van der Waals surface area contributed by atoms with Crippen LogP contribution >= 0.6 is 0 Å². The first-order valence-electron chi connectivity index (χ1n) is 8.37. The average molecular weight is 342 g/mol. The van der Waals surface area contributed by atoms with Crippen LogP contribution in [-0.4, -0.2) is 49.1 Å². The van der Waals surface area contributed by atoms with Gasteiger partial charge in [-0.1, -0.05) is 12.1 Å². The van der Waals surface area contributed by atoms with E-state index in [2.05, 4.69) is 15.6 Å². The Morgan fingerprint density at radius 2 is 2.00 bits per heavy atom. The third kappa shape index (κ3) is 6.08. The molecule has 1 heterocycles. The molecule has 2 rings (SSSR count). The molecule has 0 saturated carbocycles. The molecule has 1 aromatic carbocycles. The minimum Gasteiger partial charge on any atom is -0.489 e. The zero-order chi connectivity index (χ0) is 18.2. The van der Waals surface area contributed by atoms with Gasteiger partial charge in [-0.05, 0) is 52.2 Å². The van der Waals surface area contributed by atoms with Gasteiger partial charge in [0.05, 0.1) is 11.8 Å². The van der Waals surface area contributed by atoms with E-state index in [1.54, 1.807) is 12.3 Å². The number of anilines is 2. The fourth-order valence-corrected chi connectivity index (χ4v) is 2.20. The summed E-state index contributed by atoms with van der Waals surface area (Å²) in [4.78, 5) is 18.4. The van der Waals surface area contributed by atoms with Crippen molar-refractivity contribution in [2.45, 2.75) is 20.0 Å². The third-order valence-electron chi connectivity index (χ3n) is 3.37. The minimum atomic E-state index is -0.183. The topological polar surface area (TPSA) is 66.5 Å². The van der Waals surface area contributed by atoms with Crippen LogP contribution in [0.3, 0.4) is 0 Å². The number of pyridine rings is 1. The lowest BCUT2D eigenvalue weighted by Gasteiger charge is -2.15. The molecule has 0 radical (unpaired) electrons. The molecule has 6 nitrogen and oxygen atoms in total. The summed E-state index contributed by atoms with van der Waals surface area (Å²) in [6.07, 6.45) is 1.70. The van der Waals surface area contributed by atoms with Crippen LogP contribution in [0.1, 0.15) is 24.3 Å². The zero-order valence-corrected chi connectivity index (χ0v) is 15.2. The summed E-state index contributed by atoms with van der Waals surface area (Å²) in [6, 6.07) is 11.3. The second kappa shape index (κ2) is 9.03. The molecule has 0 fully saturated rings. The van der Waals surface area contributed by atoms with Gasteiger partial charge in [-0.25, -0.2) is 0 Å². The molecule has 134 valence electrons. The summed E-state index contributed by atoms with van der Waals surface area (Å²) in [5.41, 5.74) is 2.01. The summed E-state index contributed by atoms with van der Waals surface area (Å²) >= 11 is 0. The Hall–Kier alpha value is -2.60. The van der Waals surface area contributed by atoms with Gasteiger partial charge < -0.3 is 20.3 Å². The Bertz CT molecular complexity index is 701. The molecule has 2 aromatic rings. The standard InChI is InChI=1S/C19H26N4O2/c1-14(2)25-18-8-6-5-7-16(18)22-15-9-10-20-17(13-15)19(24)21-11-12-23(3)4/h5-10,13-14H,11-12H2,1-4H3,(H,20,22)(H,21,24). The lowest BCUT2D eigenvalue weighted by molar-refractivity contribution is 0.0946. The van der Waals surface area contributed by atoms with E-state index in [0.29, 0.717) is 12.2 Å². The van der Waals surface area contributed by atoms with Gasteiger partial charge in [0.25, 0.3) is 5.91 Å². The molecule has 1 aromatic heterocycles. The van der Waals surface area contributed by atoms with Gasteiger partial charge in [-0.15, -0.1) is 0 Å². The van der Waals surface area contributed by atoms with Gasteiger partial charge in [0.15, 0.2) is 0 Å². The van der Waals surface area contributed by atoms with Crippen molar-refractivity contribution in [1.82, 2.24) is 15.2 Å². The fourth-order valence-electron chi connectivity index (χ4n) is 2.20. The number of nitrogens with one attached hydrogen (secondary N) is 2. The predicted octanol–water partition coefficient (Wildman–Crippen LogP) is 2.90. The zero-order valence-electron chi connectivity index (χ0n) is 15.2. The molecule has 1 amide bonds. The van der Waals surface area contributed by atoms with Crippen LogP contribution in [0.5, 0.6) is 5.75 Å². The van der Waals surface area contributed by atoms with Gasteiger partial charge in [-0.2, -0.15) is 0 Å². The molecule has 0 spiro atoms. The van der Waals surface area contributed by atoms with E-state index in [-0.39, 0.29) is 12.0 Å². The van der Waals surface area contributed by atoms with Crippen molar-refractivity contribution in [1.29, 1.82) is 0 Å². The van der Waals surface area contributed by atoms with Crippen molar-refractivity contribution in [2.75, 3.05) is 32.5 Å². The molecule has 0 aliphatic rings. The molecule has 0 aliphatic heterocycles. The third-order valence-corrected chi connectivity index (χ3v) is 3.37. The molecule has 0 saturated heterocycles. The second-order valence-electron chi connectivity index (χ2n) is 6.28. The quantitative estimate of drug-likeness (QED) is 0.772. The van der Waals surface area contributed by atoms with E-state index in [1.165, 1.54) is 0 Å². The van der Waals surface area contributed by atoms with Crippen LogP contribution in [-0.2, 0) is 0 Å². The SMILES string of the molecule is CC(C)Oc1ccccc1Nc1ccnc(C(=O)NCCN(C)C)c1. The smallest absolute Gasteiger partial charge is 0.269 e. The Morgan fingerprint density at radius 1 is 1.24 bits per heavy atom. The van der Waals surface area contributed by atoms with E-state index in [9.17, 15) is 4.79 Å². The number of aromatic nitrogens is 1. The van der Waals surface area contributed by atoms with E-state index in [1.807, 2.05) is 63.2 Å². The number of nitrogens with zero attached hydrogens (tertiary/aromatic N) is 2. The molecule has 0 atom stereocenters. The predicted molar refractivity (Wildman–Crippen MR) is 101 cm³/mol. The molecule has 0 aliphatic carbocycles. The highest BCUT2D eigenvalue weighted by atomic mass is 16.5. The number of para-hydroxylation sites is 2. The summed E-state index contributed by atoms with van der Waals surface area (Å²) < 4.78 is 5.81. The lowest BCUT2D eigenvalue weighted by atomic mass is 10.2. The van der Waals surface area contributed by atoms with Gasteiger partial charge in [-0.3, -0.25) is 9.78 Å². The normalized spacial score (nSPS) is 10.8. The molecule has 25 heavy (non-hydrogen) atoms. The molecule has 0 unspecified atom stereocenters. The number of amides is 1. The van der Waals surface area contributed by atoms with Gasteiger partial charge in [0.1, 0.15) is 11.4 Å². The summed E-state index contributed by atoms with van der Waals surface area (Å²) in [6.45, 7) is 5.33. The Balaban J connectivity index is 2.08. The van der Waals surface area contributed by atoms with Crippen molar-refractivity contribution in [2.24, 2.45) is 0 Å². The Morgan fingerprint density at radius 3 is 2.72 bits per heavy atom. The molecule has 2 N–H and O–H groups in total. The Kier molecular flexibility index (Phi) is 6.77. The highest BCUT2D eigenvalue weighted by molar-refractivity contribution is 5.93. The van der Waals surface area contributed by atoms with Crippen LogP contribution in [0.2, 0.25) is 0 Å². The number of carbonyl (C=O) groups is 1. The lowest BCUT2D eigenvalue weighted by Crippen LogP contribution is -2.31. The minimum absolute atomic E-state index is 0.0819. The van der Waals surface area contributed by atoms with Gasteiger partial charge >= 0.3 is 0 Å². The second-order valence-corrected chi connectivity index (χ2v) is 6.28. The maximum absolute atomic E-state index is 12.2. The molecule has 6 heteroatoms. The summed E-state index contributed by atoms with van der Waals surface area (Å²) in [7, 11) is 3.93. The number of likely N-dealkylation sites (N-methyl/N-ethyl adjacent to an activating group) is 1. The van der Waals surface area contributed by atoms with Gasteiger partial charge in [0, 0.05) is 25.0 Å². The van der Waals surface area contributed by atoms with Crippen LogP contribution in [0.25, 0.3) is 0 Å². The van der Waals surface area contributed by atoms with E-state index >= 15 is 0 Å². The van der Waals surface area contributed by atoms with E-state index in [0.717, 1.165) is 23.7 Å². The van der Waals surface area contributed by atoms with Crippen LogP contribution < -0.4 is 15.4 Å². The maximum atomic E-state index is 12.2. The highest BCUT2D eigenvalue weighted by Gasteiger charge is 2.09. The maximum Gasteiger partial charge on any atom is 0.269 e. The van der Waals surface area contributed by atoms with Crippen LogP contribution in [0.15, 0.2) is 42.6 Å². The monoisotopic (exact) mass is 342 g/mol.